The normalized spacial score (nSPS) is 11.7. The number of anilines is 2. The van der Waals surface area contributed by atoms with Crippen molar-refractivity contribution in [2.24, 2.45) is 0 Å². The van der Waals surface area contributed by atoms with E-state index >= 15 is 0 Å². The van der Waals surface area contributed by atoms with Crippen molar-refractivity contribution < 1.29 is 8.76 Å². The lowest BCUT2D eigenvalue weighted by Crippen LogP contribution is -2.19. The van der Waals surface area contributed by atoms with Gasteiger partial charge in [-0.2, -0.15) is 5.26 Å². The Labute approximate surface area is 124 Å². The van der Waals surface area contributed by atoms with Gasteiger partial charge in [0, 0.05) is 0 Å². The van der Waals surface area contributed by atoms with Crippen LogP contribution in [0.2, 0.25) is 5.02 Å². The number of nitriles is 1. The van der Waals surface area contributed by atoms with Crippen LogP contribution >= 0.6 is 11.6 Å². The first-order valence-corrected chi connectivity index (χ1v) is 7.09. The van der Waals surface area contributed by atoms with Crippen molar-refractivity contribution in [3.63, 3.8) is 0 Å². The minimum atomic E-state index is -2.51. The predicted octanol–water partition coefficient (Wildman–Crippen LogP) is 3.45. The Balaban J connectivity index is 2.52. The number of benzene rings is 2. The van der Waals surface area contributed by atoms with E-state index in [1.54, 1.807) is 12.1 Å². The Bertz CT molecular complexity index is 695. The molecular weight excluding hydrogens is 296 g/mol. The maximum Gasteiger partial charge on any atom is 0.0992 e. The summed E-state index contributed by atoms with van der Waals surface area (Å²) < 4.78 is 24.1. The molecule has 20 heavy (non-hydrogen) atoms. The van der Waals surface area contributed by atoms with Gasteiger partial charge in [-0.1, -0.05) is 29.3 Å². The molecule has 0 bridgehead atoms. The molecule has 4 nitrogen and oxygen atoms in total. The highest BCUT2D eigenvalue weighted by Gasteiger charge is 2.14. The van der Waals surface area contributed by atoms with Gasteiger partial charge >= 0.3 is 0 Å². The highest BCUT2D eigenvalue weighted by molar-refractivity contribution is 7.81. The molecule has 2 aromatic rings. The van der Waals surface area contributed by atoms with Crippen LogP contribution in [-0.2, 0) is 11.3 Å². The lowest BCUT2D eigenvalue weighted by Gasteiger charge is -2.27. The molecule has 1 atom stereocenters. The quantitative estimate of drug-likeness (QED) is 0.816. The van der Waals surface area contributed by atoms with Crippen molar-refractivity contribution in [1.82, 2.24) is 0 Å². The molecule has 2 rings (SSSR count). The minimum Gasteiger partial charge on any atom is -0.755 e. The molecule has 0 spiro atoms. The van der Waals surface area contributed by atoms with Gasteiger partial charge in [0.25, 0.3) is 0 Å². The molecule has 0 amide bonds. The van der Waals surface area contributed by atoms with Gasteiger partial charge in [-0.05, 0) is 37.3 Å². The molecule has 0 aromatic heterocycles. The summed E-state index contributed by atoms with van der Waals surface area (Å²) in [5, 5.41) is 9.01. The molecule has 0 saturated heterocycles. The fraction of sp³-hybridized carbons (Fsp3) is 0.0714. The number of aryl methyl sites for hydroxylation is 1. The molecule has 0 radical (unpaired) electrons. The Kier molecular flexibility index (Phi) is 4.40. The Morgan fingerprint density at radius 2 is 1.90 bits per heavy atom. The molecular formula is C14H10ClN2O2S-. The molecule has 6 heteroatoms. The van der Waals surface area contributed by atoms with Crippen LogP contribution in [0.4, 0.5) is 11.4 Å². The largest absolute Gasteiger partial charge is 0.755 e. The summed E-state index contributed by atoms with van der Waals surface area (Å²) in [6.07, 6.45) is 0. The number of rotatable bonds is 3. The van der Waals surface area contributed by atoms with Gasteiger partial charge in [0.1, 0.15) is 0 Å². The second kappa shape index (κ2) is 6.06. The van der Waals surface area contributed by atoms with Gasteiger partial charge in [-0.3, -0.25) is 8.51 Å². The first kappa shape index (κ1) is 14.5. The van der Waals surface area contributed by atoms with E-state index in [1.807, 2.05) is 25.1 Å². The highest BCUT2D eigenvalue weighted by atomic mass is 35.5. The number of hydrogen-bond donors (Lipinski definition) is 0. The van der Waals surface area contributed by atoms with Crippen molar-refractivity contribution >= 4 is 34.2 Å². The number of nitrogens with zero attached hydrogens (tertiary/aromatic N) is 2. The van der Waals surface area contributed by atoms with Crippen LogP contribution in [0.3, 0.4) is 0 Å². The third-order valence-corrected chi connectivity index (χ3v) is 3.72. The Morgan fingerprint density at radius 1 is 1.25 bits per heavy atom. The van der Waals surface area contributed by atoms with E-state index in [2.05, 4.69) is 0 Å². The summed E-state index contributed by atoms with van der Waals surface area (Å²) in [5.41, 5.74) is 2.19. The maximum atomic E-state index is 11.5. The first-order valence-electron chi connectivity index (χ1n) is 5.69. The summed E-state index contributed by atoms with van der Waals surface area (Å²) >= 11 is 3.55. The summed E-state index contributed by atoms with van der Waals surface area (Å²) in [6, 6.07) is 13.4. The molecule has 1 unspecified atom stereocenters. The van der Waals surface area contributed by atoms with Crippen LogP contribution in [0.5, 0.6) is 0 Å². The van der Waals surface area contributed by atoms with Crippen molar-refractivity contribution in [2.75, 3.05) is 4.31 Å². The second-order valence-corrected chi connectivity index (χ2v) is 5.33. The zero-order valence-corrected chi connectivity index (χ0v) is 12.1. The SMILES string of the molecule is Cc1ccc(N(c2ccc(C#N)cc2Cl)S(=O)[O-])cc1. The van der Waals surface area contributed by atoms with Crippen molar-refractivity contribution in [1.29, 1.82) is 5.26 Å². The molecule has 0 aliphatic heterocycles. The van der Waals surface area contributed by atoms with Crippen LogP contribution in [0.1, 0.15) is 11.1 Å². The van der Waals surface area contributed by atoms with Gasteiger partial charge < -0.3 is 4.55 Å². The van der Waals surface area contributed by atoms with Gasteiger partial charge in [0.2, 0.25) is 0 Å². The highest BCUT2D eigenvalue weighted by Crippen LogP contribution is 2.33. The zero-order chi connectivity index (χ0) is 14.7. The van der Waals surface area contributed by atoms with E-state index in [-0.39, 0.29) is 5.02 Å². The fourth-order valence-corrected chi connectivity index (χ4v) is 2.66. The summed E-state index contributed by atoms with van der Waals surface area (Å²) in [6.45, 7) is 1.91. The molecule has 102 valence electrons. The molecule has 0 saturated carbocycles. The van der Waals surface area contributed by atoms with Crippen molar-refractivity contribution in [3.8, 4) is 6.07 Å². The average Bonchev–Trinajstić information content (AvgIpc) is 2.42. The average molecular weight is 306 g/mol. The lowest BCUT2D eigenvalue weighted by molar-refractivity contribution is 0.537. The minimum absolute atomic E-state index is 0.203. The van der Waals surface area contributed by atoms with E-state index in [4.69, 9.17) is 16.9 Å². The predicted molar refractivity (Wildman–Crippen MR) is 78.4 cm³/mol. The molecule has 0 fully saturated rings. The third-order valence-electron chi connectivity index (χ3n) is 2.71. The summed E-state index contributed by atoms with van der Waals surface area (Å²) in [7, 11) is 0. The van der Waals surface area contributed by atoms with Crippen LogP contribution in [0, 0.1) is 18.3 Å². The maximum absolute atomic E-state index is 11.5. The number of hydrogen-bond acceptors (Lipinski definition) is 3. The first-order chi connectivity index (χ1) is 9.52. The van der Waals surface area contributed by atoms with Gasteiger partial charge in [0.15, 0.2) is 0 Å². The van der Waals surface area contributed by atoms with Gasteiger partial charge in [-0.25, -0.2) is 0 Å². The molecule has 2 aromatic carbocycles. The second-order valence-electron chi connectivity index (χ2n) is 4.13. The van der Waals surface area contributed by atoms with E-state index in [0.29, 0.717) is 16.9 Å². The lowest BCUT2D eigenvalue weighted by atomic mass is 10.2. The van der Waals surface area contributed by atoms with Crippen molar-refractivity contribution in [2.45, 2.75) is 6.92 Å². The van der Waals surface area contributed by atoms with E-state index in [9.17, 15) is 8.76 Å². The smallest absolute Gasteiger partial charge is 0.0992 e. The van der Waals surface area contributed by atoms with Crippen LogP contribution in [-0.4, -0.2) is 8.76 Å². The Hall–Kier alpha value is -1.87. The van der Waals surface area contributed by atoms with E-state index in [0.717, 1.165) is 9.87 Å². The fourth-order valence-electron chi connectivity index (χ4n) is 1.73. The summed E-state index contributed by atoms with van der Waals surface area (Å²) in [5.74, 6) is 0. The monoisotopic (exact) mass is 305 g/mol. The van der Waals surface area contributed by atoms with Gasteiger partial charge in [-0.15, -0.1) is 0 Å². The van der Waals surface area contributed by atoms with E-state index < -0.39 is 11.3 Å². The summed E-state index contributed by atoms with van der Waals surface area (Å²) in [4.78, 5) is 0. The van der Waals surface area contributed by atoms with Crippen LogP contribution < -0.4 is 4.31 Å². The molecule has 0 aliphatic carbocycles. The topological polar surface area (TPSA) is 67.2 Å². The Morgan fingerprint density at radius 3 is 2.40 bits per heavy atom. The van der Waals surface area contributed by atoms with Crippen molar-refractivity contribution in [3.05, 3.63) is 58.6 Å². The van der Waals surface area contributed by atoms with E-state index in [1.165, 1.54) is 18.2 Å². The van der Waals surface area contributed by atoms with Crippen LogP contribution in [0.15, 0.2) is 42.5 Å². The molecule has 0 N–H and O–H groups in total. The van der Waals surface area contributed by atoms with Crippen LogP contribution in [0.25, 0.3) is 0 Å². The molecule has 0 aliphatic rings. The third kappa shape index (κ3) is 2.99. The standard InChI is InChI=1S/C14H11ClN2O2S/c1-10-2-5-12(6-3-10)17(20(18)19)14-7-4-11(9-16)8-13(14)15/h2-8H,1H3,(H,18,19)/p-1. The van der Waals surface area contributed by atoms with Gasteiger partial charge in [0.05, 0.1) is 39.3 Å². The molecule has 0 heterocycles. The zero-order valence-electron chi connectivity index (χ0n) is 10.5. The number of halogens is 1.